The van der Waals surface area contributed by atoms with E-state index in [0.717, 1.165) is 43.1 Å². The highest BCUT2D eigenvalue weighted by Crippen LogP contribution is 2.43. The van der Waals surface area contributed by atoms with Gasteiger partial charge in [-0.1, -0.05) is 48.5 Å². The van der Waals surface area contributed by atoms with Gasteiger partial charge in [0.05, 0.1) is 12.1 Å². The third-order valence-corrected chi connectivity index (χ3v) is 6.51. The summed E-state index contributed by atoms with van der Waals surface area (Å²) >= 11 is 1.61. The van der Waals surface area contributed by atoms with E-state index in [-0.39, 0.29) is 0 Å². The van der Waals surface area contributed by atoms with Crippen LogP contribution in [0.1, 0.15) is 16.7 Å². The number of fused-ring (bicyclic) bond motifs is 1. The number of ether oxygens (including phenoxy) is 1. The minimum Gasteiger partial charge on any atom is -0.488 e. The van der Waals surface area contributed by atoms with Crippen LogP contribution < -0.4 is 4.74 Å². The lowest BCUT2D eigenvalue weighted by Gasteiger charge is -2.11. The Kier molecular flexibility index (Phi) is 6.12. The number of aromatic nitrogens is 3. The zero-order valence-electron chi connectivity index (χ0n) is 18.0. The van der Waals surface area contributed by atoms with Crippen molar-refractivity contribution < 1.29 is 4.74 Å². The van der Waals surface area contributed by atoms with Gasteiger partial charge in [-0.2, -0.15) is 5.11 Å². The summed E-state index contributed by atoms with van der Waals surface area (Å²) in [6.45, 7) is 3.04. The van der Waals surface area contributed by atoms with Crippen molar-refractivity contribution in [1.29, 1.82) is 0 Å². The Balaban J connectivity index is 1.46. The molecule has 0 saturated carbocycles. The molecule has 3 heterocycles. The first kappa shape index (κ1) is 20.9. The first-order valence-corrected chi connectivity index (χ1v) is 11.4. The second kappa shape index (κ2) is 9.67. The quantitative estimate of drug-likeness (QED) is 0.252. The van der Waals surface area contributed by atoms with Gasteiger partial charge in [0.25, 0.3) is 0 Å². The zero-order chi connectivity index (χ0) is 22.5. The lowest BCUT2D eigenvalue weighted by atomic mass is 10.1. The van der Waals surface area contributed by atoms with E-state index >= 15 is 0 Å². The topological polar surface area (TPSA) is 72.6 Å². The van der Waals surface area contributed by atoms with Gasteiger partial charge in [0.2, 0.25) is 0 Å². The van der Waals surface area contributed by atoms with Gasteiger partial charge in [0, 0.05) is 22.8 Å². The maximum Gasteiger partial charge on any atom is 0.195 e. The van der Waals surface area contributed by atoms with Crippen LogP contribution in [-0.2, 0) is 13.2 Å². The van der Waals surface area contributed by atoms with Gasteiger partial charge in [0.15, 0.2) is 5.82 Å². The van der Waals surface area contributed by atoms with E-state index in [4.69, 9.17) is 4.74 Å². The molecular formula is C26H21N5OS. The summed E-state index contributed by atoms with van der Waals surface area (Å²) in [6, 6.07) is 22.1. The molecule has 0 aliphatic heterocycles. The number of hydrogen-bond donors (Lipinski definition) is 0. The van der Waals surface area contributed by atoms with Crippen LogP contribution in [0.2, 0.25) is 0 Å². The molecule has 0 radical (unpaired) electrons. The summed E-state index contributed by atoms with van der Waals surface area (Å²) in [6.07, 6.45) is 5.07. The minimum atomic E-state index is 0.451. The summed E-state index contributed by atoms with van der Waals surface area (Å²) < 4.78 is 7.11. The minimum absolute atomic E-state index is 0.451. The molecule has 162 valence electrons. The second-order valence-electron chi connectivity index (χ2n) is 7.46. The van der Waals surface area contributed by atoms with Crippen LogP contribution >= 0.6 is 11.3 Å². The largest absolute Gasteiger partial charge is 0.488 e. The highest BCUT2D eigenvalue weighted by molar-refractivity contribution is 7.23. The van der Waals surface area contributed by atoms with Crippen LogP contribution in [0.15, 0.2) is 95.7 Å². The summed E-state index contributed by atoms with van der Waals surface area (Å²) in [5.41, 5.74) is 5.13. The Labute approximate surface area is 195 Å². The number of pyridine rings is 1. The highest BCUT2D eigenvalue weighted by atomic mass is 32.1. The molecular weight excluding hydrogens is 430 g/mol. The molecule has 0 aliphatic carbocycles. The summed E-state index contributed by atoms with van der Waals surface area (Å²) in [7, 11) is 0. The average molecular weight is 452 g/mol. The number of rotatable bonds is 7. The molecule has 33 heavy (non-hydrogen) atoms. The van der Waals surface area contributed by atoms with Crippen LogP contribution in [0.5, 0.6) is 5.75 Å². The maximum absolute atomic E-state index is 6.20. The Morgan fingerprint density at radius 2 is 1.73 bits per heavy atom. The van der Waals surface area contributed by atoms with Gasteiger partial charge in [-0.3, -0.25) is 4.98 Å². The molecule has 0 fully saturated rings. The van der Waals surface area contributed by atoms with Gasteiger partial charge >= 0.3 is 0 Å². The fourth-order valence-electron chi connectivity index (χ4n) is 3.53. The van der Waals surface area contributed by atoms with Crippen LogP contribution in [-0.4, -0.2) is 15.0 Å². The van der Waals surface area contributed by atoms with Crippen LogP contribution in [0.3, 0.4) is 0 Å². The molecule has 0 bridgehead atoms. The van der Waals surface area contributed by atoms with Crippen molar-refractivity contribution in [2.24, 2.45) is 10.2 Å². The molecule has 6 nitrogen and oxygen atoms in total. The third-order valence-electron chi connectivity index (χ3n) is 5.20. The van der Waals surface area contributed by atoms with Crippen LogP contribution in [0.4, 0.5) is 5.82 Å². The van der Waals surface area contributed by atoms with Crippen LogP contribution in [0, 0.1) is 6.92 Å². The lowest BCUT2D eigenvalue weighted by Crippen LogP contribution is -1.96. The number of aryl methyl sites for hydroxylation is 1. The first-order valence-electron chi connectivity index (χ1n) is 10.6. The predicted octanol–water partition coefficient (Wildman–Crippen LogP) is 6.92. The standard InChI is InChI=1S/C26H21N5OS/c1-18-23-25(26(29-17-28-23)31-30-15-20-10-7-13-27-14-20)33-24(18)21-11-5-6-12-22(21)32-16-19-8-3-2-4-9-19/h2-14,17H,15-16H2,1H3. The number of nitrogens with zero attached hydrogens (tertiary/aromatic N) is 5. The Bertz CT molecular complexity index is 1400. The molecule has 0 saturated heterocycles. The summed E-state index contributed by atoms with van der Waals surface area (Å²) in [5.74, 6) is 1.41. The Morgan fingerprint density at radius 3 is 2.58 bits per heavy atom. The molecule has 7 heteroatoms. The van der Waals surface area contributed by atoms with E-state index in [1.807, 2.05) is 48.5 Å². The van der Waals surface area contributed by atoms with Crippen molar-refractivity contribution in [3.63, 3.8) is 0 Å². The van der Waals surface area contributed by atoms with Gasteiger partial charge in [-0.25, -0.2) is 9.97 Å². The molecule has 5 rings (SSSR count). The summed E-state index contributed by atoms with van der Waals surface area (Å²) in [5, 5.41) is 8.73. The monoisotopic (exact) mass is 451 g/mol. The molecule has 0 atom stereocenters. The number of azo groups is 1. The fraction of sp³-hybridized carbons (Fsp3) is 0.115. The van der Waals surface area contributed by atoms with E-state index in [2.05, 4.69) is 50.3 Å². The fourth-order valence-corrected chi connectivity index (χ4v) is 4.75. The predicted molar refractivity (Wildman–Crippen MR) is 131 cm³/mol. The van der Waals surface area contributed by atoms with Crippen molar-refractivity contribution in [3.8, 4) is 16.2 Å². The number of para-hydroxylation sites is 1. The molecule has 3 aromatic heterocycles. The maximum atomic E-state index is 6.20. The smallest absolute Gasteiger partial charge is 0.195 e. The third kappa shape index (κ3) is 4.63. The average Bonchev–Trinajstić information content (AvgIpc) is 3.21. The van der Waals surface area contributed by atoms with Gasteiger partial charge in [0.1, 0.15) is 23.4 Å². The van der Waals surface area contributed by atoms with E-state index < -0.39 is 0 Å². The van der Waals surface area contributed by atoms with Crippen molar-refractivity contribution in [2.45, 2.75) is 20.1 Å². The summed E-state index contributed by atoms with van der Waals surface area (Å²) in [4.78, 5) is 14.1. The molecule has 0 unspecified atom stereocenters. The van der Waals surface area contributed by atoms with E-state index in [9.17, 15) is 0 Å². The van der Waals surface area contributed by atoms with E-state index in [1.54, 1.807) is 30.1 Å². The van der Waals surface area contributed by atoms with Crippen molar-refractivity contribution in [2.75, 3.05) is 0 Å². The van der Waals surface area contributed by atoms with E-state index in [0.29, 0.717) is 19.0 Å². The normalized spacial score (nSPS) is 11.3. The number of thiophene rings is 1. The van der Waals surface area contributed by atoms with Gasteiger partial charge < -0.3 is 4.74 Å². The molecule has 0 aliphatic rings. The Morgan fingerprint density at radius 1 is 0.909 bits per heavy atom. The molecule has 5 aromatic rings. The lowest BCUT2D eigenvalue weighted by molar-refractivity contribution is 0.307. The molecule has 0 amide bonds. The van der Waals surface area contributed by atoms with Crippen molar-refractivity contribution >= 4 is 27.4 Å². The van der Waals surface area contributed by atoms with Crippen molar-refractivity contribution in [3.05, 3.63) is 102 Å². The zero-order valence-corrected chi connectivity index (χ0v) is 18.9. The number of benzene rings is 2. The van der Waals surface area contributed by atoms with Gasteiger partial charge in [-0.05, 0) is 41.8 Å². The first-order chi connectivity index (χ1) is 16.3. The SMILES string of the molecule is Cc1c(-c2ccccc2OCc2ccccc2)sc2c(N=NCc3cccnc3)ncnc12. The molecule has 0 N–H and O–H groups in total. The van der Waals surface area contributed by atoms with E-state index in [1.165, 1.54) is 0 Å². The molecule has 2 aromatic carbocycles. The van der Waals surface area contributed by atoms with Crippen LogP contribution in [0.25, 0.3) is 20.7 Å². The van der Waals surface area contributed by atoms with Crippen molar-refractivity contribution in [1.82, 2.24) is 15.0 Å². The number of hydrogen-bond acceptors (Lipinski definition) is 7. The van der Waals surface area contributed by atoms with Gasteiger partial charge in [-0.15, -0.1) is 16.5 Å². The molecule has 0 spiro atoms. The Hall–Kier alpha value is -3.97. The highest BCUT2D eigenvalue weighted by Gasteiger charge is 2.18. The second-order valence-corrected chi connectivity index (χ2v) is 8.48.